The van der Waals surface area contributed by atoms with Gasteiger partial charge in [-0.2, -0.15) is 5.26 Å². The molecule has 0 spiro atoms. The van der Waals surface area contributed by atoms with E-state index in [4.69, 9.17) is 0 Å². The quantitative estimate of drug-likeness (QED) is 0.694. The fourth-order valence-corrected chi connectivity index (χ4v) is 3.67. The topological polar surface area (TPSA) is 23.8 Å². The Morgan fingerprint density at radius 2 is 1.76 bits per heavy atom. The molecule has 21 heavy (non-hydrogen) atoms. The van der Waals surface area contributed by atoms with Crippen LogP contribution in [-0.2, 0) is 6.42 Å². The van der Waals surface area contributed by atoms with E-state index in [2.05, 4.69) is 58.9 Å². The molecule has 0 amide bonds. The zero-order chi connectivity index (χ0) is 15.7. The van der Waals surface area contributed by atoms with Crippen LogP contribution < -0.4 is 0 Å². The summed E-state index contributed by atoms with van der Waals surface area (Å²) in [5.74, 6) is 0.763. The molecule has 1 nitrogen and oxygen atoms in total. The van der Waals surface area contributed by atoms with E-state index in [1.807, 2.05) is 0 Å². The minimum atomic E-state index is -0.135. The third kappa shape index (κ3) is 3.67. The van der Waals surface area contributed by atoms with Gasteiger partial charge in [0.05, 0.1) is 11.5 Å². The lowest BCUT2D eigenvalue weighted by Crippen LogP contribution is -2.33. The van der Waals surface area contributed by atoms with Gasteiger partial charge in [-0.05, 0) is 74.0 Å². The van der Waals surface area contributed by atoms with Gasteiger partial charge in [-0.15, -0.1) is 0 Å². The van der Waals surface area contributed by atoms with Gasteiger partial charge in [-0.3, -0.25) is 0 Å². The van der Waals surface area contributed by atoms with Crippen LogP contribution in [0.25, 0.3) is 0 Å². The van der Waals surface area contributed by atoms with Crippen LogP contribution in [0.5, 0.6) is 0 Å². The van der Waals surface area contributed by atoms with Gasteiger partial charge in [0.2, 0.25) is 0 Å². The van der Waals surface area contributed by atoms with E-state index in [1.54, 1.807) is 0 Å². The van der Waals surface area contributed by atoms with Gasteiger partial charge in [-0.1, -0.05) is 39.0 Å². The molecular formula is C20H29N. The first kappa shape index (κ1) is 16.1. The van der Waals surface area contributed by atoms with E-state index >= 15 is 0 Å². The van der Waals surface area contributed by atoms with Crippen molar-refractivity contribution in [3.63, 3.8) is 0 Å². The number of nitriles is 1. The molecule has 2 rings (SSSR count). The molecule has 1 fully saturated rings. The molecule has 0 unspecified atom stereocenters. The zero-order valence-corrected chi connectivity index (χ0v) is 14.3. The van der Waals surface area contributed by atoms with Crippen LogP contribution in [-0.4, -0.2) is 0 Å². The monoisotopic (exact) mass is 283 g/mol. The highest BCUT2D eigenvalue weighted by molar-refractivity contribution is 5.31. The van der Waals surface area contributed by atoms with Crippen molar-refractivity contribution in [1.82, 2.24) is 0 Å². The van der Waals surface area contributed by atoms with Gasteiger partial charge in [-0.25, -0.2) is 0 Å². The molecule has 0 aromatic heterocycles. The van der Waals surface area contributed by atoms with Crippen molar-refractivity contribution in [1.29, 1.82) is 5.26 Å². The standard InChI is InChI=1S/C20H29N/c1-15-6-7-17(12-16(15)2)13-20(14-21)10-8-18(9-11-20)19(3,4)5/h6-7,12,18H,8-11,13H2,1-5H3. The summed E-state index contributed by atoms with van der Waals surface area (Å²) in [6.07, 6.45) is 5.42. The van der Waals surface area contributed by atoms with Crippen LogP contribution in [0.1, 0.15) is 63.1 Å². The smallest absolute Gasteiger partial charge is 0.0693 e. The van der Waals surface area contributed by atoms with Crippen molar-refractivity contribution >= 4 is 0 Å². The van der Waals surface area contributed by atoms with Crippen molar-refractivity contribution in [3.05, 3.63) is 34.9 Å². The normalized spacial score (nSPS) is 26.4. The highest BCUT2D eigenvalue weighted by Crippen LogP contribution is 2.46. The third-order valence-electron chi connectivity index (χ3n) is 5.52. The fourth-order valence-electron chi connectivity index (χ4n) is 3.67. The summed E-state index contributed by atoms with van der Waals surface area (Å²) >= 11 is 0. The summed E-state index contributed by atoms with van der Waals surface area (Å²) in [4.78, 5) is 0. The lowest BCUT2D eigenvalue weighted by Gasteiger charge is -2.40. The van der Waals surface area contributed by atoms with Crippen LogP contribution in [0.2, 0.25) is 0 Å². The lowest BCUT2D eigenvalue weighted by atomic mass is 9.63. The summed E-state index contributed by atoms with van der Waals surface area (Å²) in [6, 6.07) is 9.34. The summed E-state index contributed by atoms with van der Waals surface area (Å²) < 4.78 is 0. The molecule has 1 aliphatic rings. The van der Waals surface area contributed by atoms with Crippen LogP contribution in [0.4, 0.5) is 0 Å². The summed E-state index contributed by atoms with van der Waals surface area (Å²) in [7, 11) is 0. The second-order valence-corrected chi connectivity index (χ2v) is 8.13. The van der Waals surface area contributed by atoms with Crippen LogP contribution in [0.3, 0.4) is 0 Å². The Labute approximate surface area is 130 Å². The van der Waals surface area contributed by atoms with Crippen molar-refractivity contribution < 1.29 is 0 Å². The number of hydrogen-bond donors (Lipinski definition) is 0. The molecule has 0 aliphatic heterocycles. The number of aryl methyl sites for hydroxylation is 2. The molecule has 1 aromatic rings. The van der Waals surface area contributed by atoms with Gasteiger partial charge in [0.1, 0.15) is 0 Å². The minimum absolute atomic E-state index is 0.135. The maximum atomic E-state index is 9.77. The lowest BCUT2D eigenvalue weighted by molar-refractivity contribution is 0.120. The van der Waals surface area contributed by atoms with Gasteiger partial charge >= 0.3 is 0 Å². The third-order valence-corrected chi connectivity index (χ3v) is 5.52. The maximum Gasteiger partial charge on any atom is 0.0693 e. The molecule has 0 radical (unpaired) electrons. The number of nitrogens with zero attached hydrogens (tertiary/aromatic N) is 1. The molecule has 0 bridgehead atoms. The van der Waals surface area contributed by atoms with E-state index < -0.39 is 0 Å². The Bertz CT molecular complexity index is 534. The molecule has 1 aromatic carbocycles. The molecule has 0 heterocycles. The molecule has 1 heteroatoms. The van der Waals surface area contributed by atoms with Gasteiger partial charge in [0.25, 0.3) is 0 Å². The highest BCUT2D eigenvalue weighted by atomic mass is 14.4. The van der Waals surface area contributed by atoms with Crippen molar-refractivity contribution in [2.24, 2.45) is 16.7 Å². The average Bonchev–Trinajstić information content (AvgIpc) is 2.42. The Morgan fingerprint density at radius 1 is 1.14 bits per heavy atom. The van der Waals surface area contributed by atoms with E-state index in [9.17, 15) is 5.26 Å². The first-order valence-electron chi connectivity index (χ1n) is 8.23. The Balaban J connectivity index is 2.10. The molecule has 114 valence electrons. The second kappa shape index (κ2) is 5.84. The predicted molar refractivity (Wildman–Crippen MR) is 89.1 cm³/mol. The predicted octanol–water partition coefficient (Wildman–Crippen LogP) is 5.59. The SMILES string of the molecule is Cc1ccc(CC2(C#N)CCC(C(C)(C)C)CC2)cc1C. The van der Waals surface area contributed by atoms with Crippen molar-refractivity contribution in [2.45, 2.75) is 66.7 Å². The Hall–Kier alpha value is -1.29. The van der Waals surface area contributed by atoms with Crippen LogP contribution in [0.15, 0.2) is 18.2 Å². The summed E-state index contributed by atoms with van der Waals surface area (Å²) in [6.45, 7) is 11.3. The Morgan fingerprint density at radius 3 is 2.24 bits per heavy atom. The Kier molecular flexibility index (Phi) is 4.47. The molecule has 0 N–H and O–H groups in total. The minimum Gasteiger partial charge on any atom is -0.198 e. The van der Waals surface area contributed by atoms with E-state index in [0.29, 0.717) is 5.41 Å². The zero-order valence-electron chi connectivity index (χ0n) is 14.3. The average molecular weight is 283 g/mol. The summed E-state index contributed by atoms with van der Waals surface area (Å²) in [5.41, 5.74) is 4.24. The number of benzene rings is 1. The molecule has 0 saturated heterocycles. The van der Waals surface area contributed by atoms with E-state index in [-0.39, 0.29) is 5.41 Å². The largest absolute Gasteiger partial charge is 0.198 e. The summed E-state index contributed by atoms with van der Waals surface area (Å²) in [5, 5.41) is 9.77. The molecular weight excluding hydrogens is 254 g/mol. The van der Waals surface area contributed by atoms with Crippen LogP contribution >= 0.6 is 0 Å². The number of rotatable bonds is 2. The van der Waals surface area contributed by atoms with Gasteiger partial charge < -0.3 is 0 Å². The van der Waals surface area contributed by atoms with E-state index in [1.165, 1.54) is 29.5 Å². The molecule has 0 atom stereocenters. The van der Waals surface area contributed by atoms with Crippen molar-refractivity contribution in [2.75, 3.05) is 0 Å². The maximum absolute atomic E-state index is 9.77. The van der Waals surface area contributed by atoms with Crippen LogP contribution in [0, 0.1) is 41.9 Å². The van der Waals surface area contributed by atoms with Gasteiger partial charge in [0, 0.05) is 0 Å². The van der Waals surface area contributed by atoms with Gasteiger partial charge in [0.15, 0.2) is 0 Å². The second-order valence-electron chi connectivity index (χ2n) is 8.13. The fraction of sp³-hybridized carbons (Fsp3) is 0.650. The van der Waals surface area contributed by atoms with Crippen molar-refractivity contribution in [3.8, 4) is 6.07 Å². The highest BCUT2D eigenvalue weighted by Gasteiger charge is 2.38. The first-order valence-corrected chi connectivity index (χ1v) is 8.23. The first-order chi connectivity index (χ1) is 9.76. The molecule has 1 saturated carbocycles. The number of hydrogen-bond acceptors (Lipinski definition) is 1. The molecule has 1 aliphatic carbocycles. The van der Waals surface area contributed by atoms with E-state index in [0.717, 1.165) is 25.2 Å².